The number of nitrogens with zero attached hydrogens (tertiary/aromatic N) is 1. The van der Waals surface area contributed by atoms with Crippen LogP contribution in [0.1, 0.15) is 37.9 Å². The van der Waals surface area contributed by atoms with Crippen molar-refractivity contribution in [3.63, 3.8) is 0 Å². The van der Waals surface area contributed by atoms with E-state index in [1.54, 1.807) is 18.4 Å². The molecule has 2 heterocycles. The maximum absolute atomic E-state index is 12.2. The van der Waals surface area contributed by atoms with E-state index in [-0.39, 0.29) is 23.3 Å². The van der Waals surface area contributed by atoms with Crippen molar-refractivity contribution >= 4 is 17.1 Å². The van der Waals surface area contributed by atoms with Crippen molar-refractivity contribution in [2.45, 2.75) is 51.2 Å². The third kappa shape index (κ3) is 3.61. The van der Waals surface area contributed by atoms with Crippen LogP contribution in [-0.4, -0.2) is 36.6 Å². The zero-order valence-electron chi connectivity index (χ0n) is 12.0. The Labute approximate surface area is 118 Å². The van der Waals surface area contributed by atoms with Crippen LogP contribution in [0.4, 0.5) is 0 Å². The fourth-order valence-corrected chi connectivity index (χ4v) is 3.17. The molecule has 1 aromatic rings. The molecule has 1 N–H and O–H groups in total. The van der Waals surface area contributed by atoms with E-state index < -0.39 is 0 Å². The number of rotatable bonds is 4. The standard InChI is InChI=1S/C14H22N2O2S/c1-14(2,3)12-8-19-13(16-12)6-11(17)10-5-9(18-4)7-15-10/h8-10,15H,5-7H2,1-4H3. The van der Waals surface area contributed by atoms with E-state index in [1.807, 2.05) is 0 Å². The van der Waals surface area contributed by atoms with Crippen molar-refractivity contribution in [1.29, 1.82) is 0 Å². The monoisotopic (exact) mass is 282 g/mol. The summed E-state index contributed by atoms with van der Waals surface area (Å²) >= 11 is 1.58. The third-order valence-electron chi connectivity index (χ3n) is 3.46. The lowest BCUT2D eigenvalue weighted by molar-refractivity contribution is -0.120. The van der Waals surface area contributed by atoms with Crippen molar-refractivity contribution in [1.82, 2.24) is 10.3 Å². The number of ether oxygens (including phenoxy) is 1. The van der Waals surface area contributed by atoms with Gasteiger partial charge in [0, 0.05) is 24.4 Å². The second-order valence-corrected chi connectivity index (χ2v) is 7.02. The average molecular weight is 282 g/mol. The molecule has 0 bridgehead atoms. The minimum absolute atomic E-state index is 0.0462. The summed E-state index contributed by atoms with van der Waals surface area (Å²) < 4.78 is 5.26. The number of methoxy groups -OCH3 is 1. The van der Waals surface area contributed by atoms with E-state index in [9.17, 15) is 4.79 Å². The Bertz CT molecular complexity index is 451. The summed E-state index contributed by atoms with van der Waals surface area (Å²) in [5.41, 5.74) is 1.11. The molecule has 0 aliphatic carbocycles. The summed E-state index contributed by atoms with van der Waals surface area (Å²) in [5, 5.41) is 6.19. The molecule has 19 heavy (non-hydrogen) atoms. The molecule has 0 amide bonds. The molecule has 1 aliphatic rings. The SMILES string of the molecule is COC1CNC(C(=O)Cc2nc(C(C)(C)C)cs2)C1. The van der Waals surface area contributed by atoms with Crippen LogP contribution in [0.3, 0.4) is 0 Å². The van der Waals surface area contributed by atoms with E-state index in [4.69, 9.17) is 4.74 Å². The lowest BCUT2D eigenvalue weighted by atomic mass is 9.93. The molecular formula is C14H22N2O2S. The molecule has 1 aromatic heterocycles. The van der Waals surface area contributed by atoms with Gasteiger partial charge in [-0.1, -0.05) is 20.8 Å². The van der Waals surface area contributed by atoms with Crippen LogP contribution >= 0.6 is 11.3 Å². The van der Waals surface area contributed by atoms with Gasteiger partial charge in [-0.2, -0.15) is 0 Å². The first-order valence-electron chi connectivity index (χ1n) is 6.64. The third-order valence-corrected chi connectivity index (χ3v) is 4.31. The molecule has 2 unspecified atom stereocenters. The highest BCUT2D eigenvalue weighted by atomic mass is 32.1. The molecule has 2 atom stereocenters. The Morgan fingerprint density at radius 2 is 2.32 bits per heavy atom. The summed E-state index contributed by atoms with van der Waals surface area (Å²) in [4.78, 5) is 16.8. The fourth-order valence-electron chi connectivity index (χ4n) is 2.14. The summed E-state index contributed by atoms with van der Waals surface area (Å²) in [6.07, 6.45) is 1.36. The van der Waals surface area contributed by atoms with Crippen LogP contribution in [0.2, 0.25) is 0 Å². The van der Waals surface area contributed by atoms with Gasteiger partial charge in [0.15, 0.2) is 5.78 Å². The molecular weight excluding hydrogens is 260 g/mol. The Balaban J connectivity index is 1.94. The van der Waals surface area contributed by atoms with Crippen LogP contribution < -0.4 is 5.32 Å². The molecule has 4 nitrogen and oxygen atoms in total. The number of thiazole rings is 1. The molecule has 0 spiro atoms. The van der Waals surface area contributed by atoms with Crippen molar-refractivity contribution in [3.8, 4) is 0 Å². The number of nitrogens with one attached hydrogen (secondary N) is 1. The number of ketones is 1. The second kappa shape index (κ2) is 5.69. The summed E-state index contributed by atoms with van der Waals surface area (Å²) in [6, 6.07) is -0.0769. The fraction of sp³-hybridized carbons (Fsp3) is 0.714. The van der Waals surface area contributed by atoms with E-state index in [2.05, 4.69) is 36.5 Å². The minimum atomic E-state index is -0.0769. The van der Waals surface area contributed by atoms with Crippen LogP contribution in [0.25, 0.3) is 0 Å². The van der Waals surface area contributed by atoms with Gasteiger partial charge in [-0.05, 0) is 6.42 Å². The number of hydrogen-bond acceptors (Lipinski definition) is 5. The zero-order chi connectivity index (χ0) is 14.0. The Morgan fingerprint density at radius 3 is 2.84 bits per heavy atom. The predicted molar refractivity (Wildman–Crippen MR) is 76.7 cm³/mol. The molecule has 0 saturated carbocycles. The van der Waals surface area contributed by atoms with E-state index >= 15 is 0 Å². The van der Waals surface area contributed by atoms with Crippen molar-refractivity contribution < 1.29 is 9.53 Å². The van der Waals surface area contributed by atoms with Gasteiger partial charge in [0.25, 0.3) is 0 Å². The van der Waals surface area contributed by atoms with Gasteiger partial charge in [0.1, 0.15) is 5.01 Å². The molecule has 0 radical (unpaired) electrons. The van der Waals surface area contributed by atoms with Crippen molar-refractivity contribution in [3.05, 3.63) is 16.1 Å². The highest BCUT2D eigenvalue weighted by Crippen LogP contribution is 2.24. The topological polar surface area (TPSA) is 51.2 Å². The number of hydrogen-bond donors (Lipinski definition) is 1. The summed E-state index contributed by atoms with van der Waals surface area (Å²) in [6.45, 7) is 7.16. The van der Waals surface area contributed by atoms with Crippen molar-refractivity contribution in [2.75, 3.05) is 13.7 Å². The van der Waals surface area contributed by atoms with Crippen LogP contribution in [0.5, 0.6) is 0 Å². The first-order valence-corrected chi connectivity index (χ1v) is 7.52. The van der Waals surface area contributed by atoms with Gasteiger partial charge in [0.2, 0.25) is 0 Å². The Morgan fingerprint density at radius 1 is 1.58 bits per heavy atom. The van der Waals surface area contributed by atoms with Gasteiger partial charge in [-0.15, -0.1) is 11.3 Å². The second-order valence-electron chi connectivity index (χ2n) is 6.07. The number of carbonyl (C=O) groups is 1. The lowest BCUT2D eigenvalue weighted by Crippen LogP contribution is -2.31. The first-order chi connectivity index (χ1) is 8.90. The average Bonchev–Trinajstić information content (AvgIpc) is 2.95. The van der Waals surface area contributed by atoms with E-state index in [1.165, 1.54) is 0 Å². The maximum Gasteiger partial charge on any atom is 0.156 e. The number of carbonyl (C=O) groups excluding carboxylic acids is 1. The molecule has 106 valence electrons. The lowest BCUT2D eigenvalue weighted by Gasteiger charge is -2.14. The predicted octanol–water partition coefficient (Wildman–Crippen LogP) is 1.93. The largest absolute Gasteiger partial charge is 0.380 e. The van der Waals surface area contributed by atoms with E-state index in [0.29, 0.717) is 6.42 Å². The van der Waals surface area contributed by atoms with Gasteiger partial charge in [0.05, 0.1) is 24.3 Å². The zero-order valence-corrected chi connectivity index (χ0v) is 12.8. The molecule has 2 rings (SSSR count). The van der Waals surface area contributed by atoms with Gasteiger partial charge in [-0.3, -0.25) is 4.79 Å². The summed E-state index contributed by atoms with van der Waals surface area (Å²) in [7, 11) is 1.69. The summed E-state index contributed by atoms with van der Waals surface area (Å²) in [5.74, 6) is 0.217. The highest BCUT2D eigenvalue weighted by Gasteiger charge is 2.29. The van der Waals surface area contributed by atoms with Gasteiger partial charge < -0.3 is 10.1 Å². The normalized spacial score (nSPS) is 23.8. The molecule has 1 saturated heterocycles. The van der Waals surface area contributed by atoms with Crippen molar-refractivity contribution in [2.24, 2.45) is 0 Å². The van der Waals surface area contributed by atoms with Crippen LogP contribution in [-0.2, 0) is 21.4 Å². The maximum atomic E-state index is 12.2. The van der Waals surface area contributed by atoms with Gasteiger partial charge in [-0.25, -0.2) is 4.98 Å². The van der Waals surface area contributed by atoms with Crippen LogP contribution in [0, 0.1) is 0 Å². The molecule has 0 aromatic carbocycles. The Hall–Kier alpha value is -0.780. The number of aromatic nitrogens is 1. The highest BCUT2D eigenvalue weighted by molar-refractivity contribution is 7.09. The smallest absolute Gasteiger partial charge is 0.156 e. The molecule has 1 fully saturated rings. The Kier molecular flexibility index (Phi) is 4.38. The molecule has 5 heteroatoms. The van der Waals surface area contributed by atoms with Crippen LogP contribution in [0.15, 0.2) is 5.38 Å². The quantitative estimate of drug-likeness (QED) is 0.917. The first kappa shape index (κ1) is 14.6. The molecule has 1 aliphatic heterocycles. The van der Waals surface area contributed by atoms with Gasteiger partial charge >= 0.3 is 0 Å². The number of Topliss-reactive ketones (excluding diaryl/α,β-unsaturated/α-hetero) is 1. The van der Waals surface area contributed by atoms with E-state index in [0.717, 1.165) is 23.7 Å². The minimum Gasteiger partial charge on any atom is -0.380 e.